The van der Waals surface area contributed by atoms with Crippen LogP contribution in [0.3, 0.4) is 0 Å². The van der Waals surface area contributed by atoms with E-state index in [1.165, 1.54) is 4.90 Å². The van der Waals surface area contributed by atoms with Crippen molar-refractivity contribution in [3.05, 3.63) is 117 Å². The van der Waals surface area contributed by atoms with E-state index in [4.69, 9.17) is 4.74 Å². The molecule has 1 aliphatic heterocycles. The Kier molecular flexibility index (Phi) is 6.52. The van der Waals surface area contributed by atoms with Gasteiger partial charge in [0.1, 0.15) is 12.4 Å². The Bertz CT molecular complexity index is 1410. The fraction of sp³-hybridized carbons (Fsp3) is 0.0714. The van der Waals surface area contributed by atoms with E-state index in [1.54, 1.807) is 6.08 Å². The largest absolute Gasteiger partial charge is 0.489 e. The maximum absolute atomic E-state index is 13.0. The summed E-state index contributed by atoms with van der Waals surface area (Å²) >= 11 is 4.40. The van der Waals surface area contributed by atoms with E-state index in [2.05, 4.69) is 15.9 Å². The Morgan fingerprint density at radius 1 is 0.824 bits per heavy atom. The molecule has 2 amide bonds. The van der Waals surface area contributed by atoms with Gasteiger partial charge in [-0.25, -0.2) is 0 Å². The second-order valence-corrected chi connectivity index (χ2v) is 9.85. The van der Waals surface area contributed by atoms with Crippen LogP contribution in [0.2, 0.25) is 0 Å². The minimum Gasteiger partial charge on any atom is -0.489 e. The normalized spacial score (nSPS) is 14.9. The quantitative estimate of drug-likeness (QED) is 0.244. The van der Waals surface area contributed by atoms with Crippen molar-refractivity contribution in [2.24, 2.45) is 0 Å². The fourth-order valence-corrected chi connectivity index (χ4v) is 4.85. The summed E-state index contributed by atoms with van der Waals surface area (Å²) in [6.07, 6.45) is 1.75. The fourth-order valence-electron chi connectivity index (χ4n) is 3.75. The van der Waals surface area contributed by atoms with Crippen molar-refractivity contribution >= 4 is 55.7 Å². The molecule has 34 heavy (non-hydrogen) atoms. The zero-order valence-corrected chi connectivity index (χ0v) is 20.5. The van der Waals surface area contributed by atoms with Gasteiger partial charge in [0, 0.05) is 4.47 Å². The lowest BCUT2D eigenvalue weighted by molar-refractivity contribution is -0.123. The highest BCUT2D eigenvalue weighted by Gasteiger charge is 2.35. The van der Waals surface area contributed by atoms with Crippen molar-refractivity contribution in [2.45, 2.75) is 13.2 Å². The van der Waals surface area contributed by atoms with Crippen molar-refractivity contribution in [2.75, 3.05) is 0 Å². The molecule has 0 N–H and O–H groups in total. The number of thioether (sulfide) groups is 1. The van der Waals surface area contributed by atoms with E-state index in [-0.39, 0.29) is 17.7 Å². The molecule has 0 spiro atoms. The number of rotatable bonds is 6. The van der Waals surface area contributed by atoms with Gasteiger partial charge in [0.2, 0.25) is 0 Å². The van der Waals surface area contributed by atoms with Crippen molar-refractivity contribution in [1.82, 2.24) is 4.90 Å². The Balaban J connectivity index is 1.29. The third kappa shape index (κ3) is 5.08. The number of carbonyl (C=O) groups excluding carboxylic acids is 2. The molecule has 1 aliphatic rings. The number of nitrogens with zero attached hydrogens (tertiary/aromatic N) is 1. The van der Waals surface area contributed by atoms with Crippen LogP contribution >= 0.6 is 27.7 Å². The van der Waals surface area contributed by atoms with Crippen molar-refractivity contribution < 1.29 is 14.3 Å². The predicted octanol–water partition coefficient (Wildman–Crippen LogP) is 7.42. The molecule has 4 nitrogen and oxygen atoms in total. The van der Waals surface area contributed by atoms with Gasteiger partial charge in [0.15, 0.2) is 0 Å². The molecule has 4 aromatic rings. The molecule has 4 aromatic carbocycles. The maximum atomic E-state index is 13.0. The number of ether oxygens (including phenoxy) is 1. The maximum Gasteiger partial charge on any atom is 0.293 e. The van der Waals surface area contributed by atoms with Crippen molar-refractivity contribution in [3.63, 3.8) is 0 Å². The minimum absolute atomic E-state index is 0.253. The molecule has 0 aromatic heterocycles. The highest BCUT2D eigenvalue weighted by Crippen LogP contribution is 2.34. The van der Waals surface area contributed by atoms with Gasteiger partial charge < -0.3 is 4.74 Å². The lowest BCUT2D eigenvalue weighted by Crippen LogP contribution is -2.27. The van der Waals surface area contributed by atoms with Gasteiger partial charge in [0.05, 0.1) is 11.4 Å². The summed E-state index contributed by atoms with van der Waals surface area (Å²) in [5.41, 5.74) is 2.79. The summed E-state index contributed by atoms with van der Waals surface area (Å²) in [4.78, 5) is 27.3. The zero-order chi connectivity index (χ0) is 23.5. The average Bonchev–Trinajstić information content (AvgIpc) is 3.11. The van der Waals surface area contributed by atoms with Gasteiger partial charge >= 0.3 is 0 Å². The topological polar surface area (TPSA) is 46.6 Å². The second kappa shape index (κ2) is 9.87. The highest BCUT2D eigenvalue weighted by atomic mass is 79.9. The van der Waals surface area contributed by atoms with Crippen LogP contribution in [-0.2, 0) is 17.9 Å². The standard InChI is InChI=1S/C28H20BrNO3S/c29-24-12-9-19(10-13-24)18-33-25-7-3-4-20(15-25)16-26-27(31)30(28(32)34-26)17-21-8-11-22-5-1-2-6-23(22)14-21/h1-16H,17-18H2/b26-16-. The Morgan fingerprint density at radius 2 is 1.59 bits per heavy atom. The Morgan fingerprint density at radius 3 is 2.41 bits per heavy atom. The summed E-state index contributed by atoms with van der Waals surface area (Å²) in [7, 11) is 0. The molecule has 0 bridgehead atoms. The smallest absolute Gasteiger partial charge is 0.293 e. The van der Waals surface area contributed by atoms with Gasteiger partial charge in [-0.3, -0.25) is 14.5 Å². The molecule has 1 fully saturated rings. The number of fused-ring (bicyclic) bond motifs is 1. The predicted molar refractivity (Wildman–Crippen MR) is 140 cm³/mol. The van der Waals surface area contributed by atoms with Gasteiger partial charge in [-0.2, -0.15) is 0 Å². The van der Waals surface area contributed by atoms with Crippen LogP contribution in [0.15, 0.2) is 100 Å². The molecule has 1 saturated heterocycles. The van der Waals surface area contributed by atoms with E-state index >= 15 is 0 Å². The first kappa shape index (κ1) is 22.4. The van der Waals surface area contributed by atoms with Crippen LogP contribution in [0.1, 0.15) is 16.7 Å². The first-order valence-electron chi connectivity index (χ1n) is 10.8. The number of benzene rings is 4. The Hall–Kier alpha value is -3.35. The molecule has 5 rings (SSSR count). The minimum atomic E-state index is -0.274. The summed E-state index contributed by atoms with van der Waals surface area (Å²) < 4.78 is 6.93. The van der Waals surface area contributed by atoms with Gasteiger partial charge in [-0.1, -0.05) is 76.6 Å². The van der Waals surface area contributed by atoms with Crippen LogP contribution in [-0.4, -0.2) is 16.0 Å². The van der Waals surface area contributed by atoms with Gasteiger partial charge in [-0.15, -0.1) is 0 Å². The molecule has 0 atom stereocenters. The monoisotopic (exact) mass is 529 g/mol. The SMILES string of the molecule is O=C1S/C(=C\c2cccc(OCc3ccc(Br)cc3)c2)C(=O)N1Cc1ccc2ccccc2c1. The molecular formula is C28H20BrNO3S. The first-order valence-corrected chi connectivity index (χ1v) is 12.4. The molecule has 1 heterocycles. The summed E-state index contributed by atoms with van der Waals surface area (Å²) in [6, 6.07) is 29.5. The van der Waals surface area contributed by atoms with Crippen LogP contribution in [0.25, 0.3) is 16.8 Å². The molecule has 6 heteroatoms. The van der Waals surface area contributed by atoms with E-state index in [0.717, 1.165) is 43.7 Å². The van der Waals surface area contributed by atoms with Gasteiger partial charge in [0.25, 0.3) is 11.1 Å². The molecule has 0 unspecified atom stereocenters. The van der Waals surface area contributed by atoms with E-state index < -0.39 is 0 Å². The third-order valence-corrected chi connectivity index (χ3v) is 6.94. The highest BCUT2D eigenvalue weighted by molar-refractivity contribution is 9.10. The molecular weight excluding hydrogens is 510 g/mol. The third-order valence-electron chi connectivity index (χ3n) is 5.50. The number of hydrogen-bond acceptors (Lipinski definition) is 4. The number of amides is 2. The van der Waals surface area contributed by atoms with Crippen LogP contribution in [0.5, 0.6) is 5.75 Å². The second-order valence-electron chi connectivity index (χ2n) is 7.94. The number of halogens is 1. The van der Waals surface area contributed by atoms with Crippen LogP contribution in [0.4, 0.5) is 4.79 Å². The Labute approximate surface area is 210 Å². The summed E-state index contributed by atoms with van der Waals surface area (Å²) in [5, 5.41) is 1.96. The average molecular weight is 530 g/mol. The number of imide groups is 1. The van der Waals surface area contributed by atoms with Crippen molar-refractivity contribution in [1.29, 1.82) is 0 Å². The number of carbonyl (C=O) groups is 2. The van der Waals surface area contributed by atoms with E-state index in [1.807, 2.05) is 91.0 Å². The number of hydrogen-bond donors (Lipinski definition) is 0. The summed E-state index contributed by atoms with van der Waals surface area (Å²) in [5.74, 6) is 0.427. The van der Waals surface area contributed by atoms with E-state index in [9.17, 15) is 9.59 Å². The van der Waals surface area contributed by atoms with Crippen LogP contribution in [0, 0.1) is 0 Å². The zero-order valence-electron chi connectivity index (χ0n) is 18.1. The molecule has 0 saturated carbocycles. The van der Waals surface area contributed by atoms with E-state index in [0.29, 0.717) is 17.3 Å². The van der Waals surface area contributed by atoms with Gasteiger partial charge in [-0.05, 0) is 75.6 Å². The first-order chi connectivity index (χ1) is 16.5. The van der Waals surface area contributed by atoms with Crippen molar-refractivity contribution in [3.8, 4) is 5.75 Å². The molecule has 0 aliphatic carbocycles. The molecule has 0 radical (unpaired) electrons. The lowest BCUT2D eigenvalue weighted by atomic mass is 10.1. The molecule has 168 valence electrons. The summed E-state index contributed by atoms with van der Waals surface area (Å²) in [6.45, 7) is 0.697. The van der Waals surface area contributed by atoms with Crippen LogP contribution < -0.4 is 4.74 Å². The lowest BCUT2D eigenvalue weighted by Gasteiger charge is -2.13.